The van der Waals surface area contributed by atoms with Gasteiger partial charge in [-0.3, -0.25) is 4.90 Å². The molecule has 0 radical (unpaired) electrons. The summed E-state index contributed by atoms with van der Waals surface area (Å²) in [7, 11) is 0. The standard InChI is InChI=1S/C31H30ClFN4O5/c1-19-27(40-18-35-19)16-37-22(7-9-29(38)39)15-34-28(37)17-36-12-10-20(11-13-36)23-4-3-5-26-30(23)42-31(2,41-26)24-8-6-21(32)14-25(24)33/h3-9,14-15,18,20H,10-13,16-17H2,1-2H3,(H,38,39)/b9-7+. The van der Waals surface area contributed by atoms with Crippen molar-refractivity contribution in [3.63, 3.8) is 0 Å². The first kappa shape index (κ1) is 28.0. The Morgan fingerprint density at radius 2 is 2.00 bits per heavy atom. The molecule has 4 aromatic rings. The van der Waals surface area contributed by atoms with Crippen molar-refractivity contribution in [1.82, 2.24) is 19.4 Å². The third-order valence-electron chi connectivity index (χ3n) is 7.94. The summed E-state index contributed by atoms with van der Waals surface area (Å²) in [5, 5.41) is 9.44. The van der Waals surface area contributed by atoms with Crippen molar-refractivity contribution in [3.8, 4) is 11.5 Å². The summed E-state index contributed by atoms with van der Waals surface area (Å²) >= 11 is 5.96. The molecule has 11 heteroatoms. The first-order valence-electron chi connectivity index (χ1n) is 13.7. The van der Waals surface area contributed by atoms with Gasteiger partial charge in [0, 0.05) is 23.6 Å². The number of benzene rings is 2. The first-order valence-corrected chi connectivity index (χ1v) is 14.1. The molecule has 0 bridgehead atoms. The molecular weight excluding hydrogens is 563 g/mol. The third-order valence-corrected chi connectivity index (χ3v) is 8.17. The number of aryl methyl sites for hydroxylation is 1. The molecular formula is C31H30ClFN4O5. The lowest BCUT2D eigenvalue weighted by molar-refractivity contribution is -0.131. The van der Waals surface area contributed by atoms with E-state index in [9.17, 15) is 9.18 Å². The van der Waals surface area contributed by atoms with Crippen LogP contribution in [0.4, 0.5) is 4.39 Å². The number of carboxylic acid groups (broad SMARTS) is 1. The number of para-hydroxylation sites is 1. The van der Waals surface area contributed by atoms with Crippen LogP contribution in [0, 0.1) is 12.7 Å². The molecule has 0 amide bonds. The van der Waals surface area contributed by atoms with Gasteiger partial charge in [-0.1, -0.05) is 23.7 Å². The Morgan fingerprint density at radius 1 is 1.19 bits per heavy atom. The van der Waals surface area contributed by atoms with Crippen LogP contribution >= 0.6 is 11.6 Å². The zero-order valence-corrected chi connectivity index (χ0v) is 24.0. The van der Waals surface area contributed by atoms with Crippen molar-refractivity contribution in [3.05, 3.63) is 100 Å². The Balaban J connectivity index is 1.16. The van der Waals surface area contributed by atoms with Gasteiger partial charge in [-0.15, -0.1) is 0 Å². The highest BCUT2D eigenvalue weighted by Gasteiger charge is 2.43. The summed E-state index contributed by atoms with van der Waals surface area (Å²) in [6.45, 7) is 6.24. The maximum atomic E-state index is 14.8. The number of ether oxygens (including phenoxy) is 2. The summed E-state index contributed by atoms with van der Waals surface area (Å²) in [4.78, 5) is 22.3. The number of aliphatic carboxylic acids is 1. The number of aromatic nitrogens is 3. The van der Waals surface area contributed by atoms with Crippen molar-refractivity contribution in [2.45, 2.75) is 51.5 Å². The largest absolute Gasteiger partial charge is 0.478 e. The number of rotatable bonds is 8. The van der Waals surface area contributed by atoms with Crippen molar-refractivity contribution in [2.75, 3.05) is 13.1 Å². The molecule has 42 heavy (non-hydrogen) atoms. The second-order valence-corrected chi connectivity index (χ2v) is 11.2. The van der Waals surface area contributed by atoms with Crippen LogP contribution in [0.3, 0.4) is 0 Å². The smallest absolute Gasteiger partial charge is 0.328 e. The highest BCUT2D eigenvalue weighted by atomic mass is 35.5. The molecule has 1 atom stereocenters. The second kappa shape index (κ2) is 11.3. The minimum atomic E-state index is -1.29. The molecule has 0 saturated carbocycles. The maximum absolute atomic E-state index is 14.8. The van der Waals surface area contributed by atoms with Crippen LogP contribution in [-0.4, -0.2) is 43.6 Å². The van der Waals surface area contributed by atoms with Gasteiger partial charge >= 0.3 is 5.97 Å². The summed E-state index contributed by atoms with van der Waals surface area (Å²) < 4.78 is 34.8. The van der Waals surface area contributed by atoms with E-state index in [4.69, 9.17) is 30.6 Å². The quantitative estimate of drug-likeness (QED) is 0.243. The molecule has 1 saturated heterocycles. The van der Waals surface area contributed by atoms with Crippen molar-refractivity contribution in [1.29, 1.82) is 0 Å². The van der Waals surface area contributed by atoms with E-state index in [1.807, 2.05) is 23.6 Å². The average Bonchev–Trinajstić information content (AvgIpc) is 3.64. The van der Waals surface area contributed by atoms with Gasteiger partial charge in [-0.2, -0.15) is 0 Å². The normalized spacial score (nSPS) is 19.1. The molecule has 2 aliphatic heterocycles. The number of piperidine rings is 1. The van der Waals surface area contributed by atoms with E-state index in [1.54, 1.807) is 31.3 Å². The molecule has 9 nitrogen and oxygen atoms in total. The number of nitrogens with zero attached hydrogens (tertiary/aromatic N) is 4. The number of oxazole rings is 1. The third kappa shape index (κ3) is 5.52. The van der Waals surface area contributed by atoms with Gasteiger partial charge in [0.1, 0.15) is 17.4 Å². The first-order chi connectivity index (χ1) is 20.2. The Morgan fingerprint density at radius 3 is 2.71 bits per heavy atom. The number of hydrogen-bond acceptors (Lipinski definition) is 7. The van der Waals surface area contributed by atoms with Crippen molar-refractivity contribution >= 4 is 23.6 Å². The van der Waals surface area contributed by atoms with Gasteiger partial charge in [0.05, 0.1) is 36.2 Å². The number of carbonyl (C=O) groups is 1. The fraction of sp³-hybridized carbons (Fsp3) is 0.323. The lowest BCUT2D eigenvalue weighted by atomic mass is 9.88. The number of halogens is 2. The van der Waals surface area contributed by atoms with Crippen molar-refractivity contribution < 1.29 is 28.2 Å². The zero-order chi connectivity index (χ0) is 29.4. The highest BCUT2D eigenvalue weighted by Crippen LogP contribution is 2.49. The summed E-state index contributed by atoms with van der Waals surface area (Å²) in [5.41, 5.74) is 2.79. The molecule has 1 unspecified atom stereocenters. The molecule has 218 valence electrons. The van der Waals surface area contributed by atoms with Crippen LogP contribution in [0.5, 0.6) is 11.5 Å². The van der Waals surface area contributed by atoms with E-state index in [2.05, 4.69) is 20.9 Å². The minimum absolute atomic E-state index is 0.239. The van der Waals surface area contributed by atoms with E-state index in [1.165, 1.54) is 12.5 Å². The Kier molecular flexibility index (Phi) is 7.51. The van der Waals surface area contributed by atoms with Crippen LogP contribution in [0.1, 0.15) is 59.8 Å². The molecule has 2 aliphatic rings. The number of imidazole rings is 1. The topological polar surface area (TPSA) is 103 Å². The summed E-state index contributed by atoms with van der Waals surface area (Å²) in [6.07, 6.45) is 7.50. The molecule has 0 spiro atoms. The van der Waals surface area contributed by atoms with Crippen molar-refractivity contribution in [2.24, 2.45) is 0 Å². The van der Waals surface area contributed by atoms with Gasteiger partial charge in [0.25, 0.3) is 5.79 Å². The predicted molar refractivity (Wildman–Crippen MR) is 153 cm³/mol. The monoisotopic (exact) mass is 592 g/mol. The zero-order valence-electron chi connectivity index (χ0n) is 23.2. The number of hydrogen-bond donors (Lipinski definition) is 1. The molecule has 6 rings (SSSR count). The lowest BCUT2D eigenvalue weighted by Gasteiger charge is -2.32. The SMILES string of the molecule is Cc1ncoc1Cn1c(/C=C/C(=O)O)cnc1CN1CCC(c2cccc3c2OC(C)(c2ccc(Cl)cc2F)O3)CC1. The van der Waals surface area contributed by atoms with E-state index < -0.39 is 17.6 Å². The van der Waals surface area contributed by atoms with E-state index in [-0.39, 0.29) is 11.5 Å². The molecule has 0 aliphatic carbocycles. The Bertz CT molecular complexity index is 1660. The van der Waals surface area contributed by atoms with Gasteiger partial charge in [0.15, 0.2) is 17.9 Å². The molecule has 2 aromatic heterocycles. The van der Waals surface area contributed by atoms with Crippen LogP contribution in [0.25, 0.3) is 6.08 Å². The predicted octanol–water partition coefficient (Wildman–Crippen LogP) is 6.14. The lowest BCUT2D eigenvalue weighted by Crippen LogP contribution is -2.34. The van der Waals surface area contributed by atoms with Crippen LogP contribution in [0.15, 0.2) is 59.5 Å². The fourth-order valence-corrected chi connectivity index (χ4v) is 5.85. The summed E-state index contributed by atoms with van der Waals surface area (Å²) in [5.74, 6) is 0.200. The van der Waals surface area contributed by atoms with Gasteiger partial charge in [0.2, 0.25) is 0 Å². The number of carboxylic acids is 1. The Hall–Kier alpha value is -4.15. The Labute approximate surface area is 247 Å². The maximum Gasteiger partial charge on any atom is 0.328 e. The van der Waals surface area contributed by atoms with Crippen LogP contribution < -0.4 is 9.47 Å². The molecule has 2 aromatic carbocycles. The second-order valence-electron chi connectivity index (χ2n) is 10.7. The minimum Gasteiger partial charge on any atom is -0.478 e. The fourth-order valence-electron chi connectivity index (χ4n) is 5.69. The molecule has 1 fully saturated rings. The van der Waals surface area contributed by atoms with Gasteiger partial charge in [-0.05, 0) is 69.1 Å². The average molecular weight is 593 g/mol. The van der Waals surface area contributed by atoms with Crippen LogP contribution in [-0.2, 0) is 23.7 Å². The van der Waals surface area contributed by atoms with E-state index >= 15 is 0 Å². The highest BCUT2D eigenvalue weighted by molar-refractivity contribution is 6.30. The number of fused-ring (bicyclic) bond motifs is 1. The summed E-state index contributed by atoms with van der Waals surface area (Å²) in [6, 6.07) is 10.3. The molecule has 1 N–H and O–H groups in total. The van der Waals surface area contributed by atoms with Crippen LogP contribution in [0.2, 0.25) is 5.02 Å². The van der Waals surface area contributed by atoms with E-state index in [0.29, 0.717) is 41.1 Å². The van der Waals surface area contributed by atoms with Gasteiger partial charge in [-0.25, -0.2) is 19.2 Å². The number of likely N-dealkylation sites (tertiary alicyclic amines) is 1. The molecule has 4 heterocycles. The van der Waals surface area contributed by atoms with Gasteiger partial charge < -0.3 is 23.6 Å². The van der Waals surface area contributed by atoms with E-state index in [0.717, 1.165) is 49.1 Å².